The fraction of sp³-hybridized carbons (Fsp3) is 0.269. The van der Waals surface area contributed by atoms with Crippen LogP contribution in [0.1, 0.15) is 78.6 Å². The average Bonchev–Trinajstić information content (AvgIpc) is 4.08. The van der Waals surface area contributed by atoms with Crippen molar-refractivity contribution in [2.24, 2.45) is 5.41 Å². The molecule has 69 heavy (non-hydrogen) atoms. The number of anilines is 3. The molecule has 8 rings (SSSR count). The van der Waals surface area contributed by atoms with Crippen LogP contribution in [0, 0.1) is 12.3 Å². The van der Waals surface area contributed by atoms with Crippen molar-refractivity contribution in [1.29, 1.82) is 0 Å². The number of amides is 5. The Bertz CT molecular complexity index is 3000. The highest BCUT2D eigenvalue weighted by molar-refractivity contribution is 7.13. The predicted octanol–water partition coefficient (Wildman–Crippen LogP) is 7.54. The smallest absolute Gasteiger partial charge is 0.255 e. The van der Waals surface area contributed by atoms with Crippen LogP contribution in [0.5, 0.6) is 0 Å². The number of aromatic nitrogens is 4. The van der Waals surface area contributed by atoms with E-state index in [1.807, 2.05) is 80.7 Å². The van der Waals surface area contributed by atoms with Crippen molar-refractivity contribution in [2.45, 2.75) is 71.7 Å². The number of aromatic amines is 1. The topological polar surface area (TPSA) is 223 Å². The van der Waals surface area contributed by atoms with Crippen molar-refractivity contribution in [2.75, 3.05) is 23.7 Å². The lowest BCUT2D eigenvalue weighted by atomic mass is 9.85. The number of likely N-dealkylation sites (tertiary alicyclic amines) is 1. The second-order valence-corrected chi connectivity index (χ2v) is 19.0. The highest BCUT2D eigenvalue weighted by atomic mass is 32.1. The summed E-state index contributed by atoms with van der Waals surface area (Å²) in [6.07, 6.45) is 2.42. The Hall–Kier alpha value is -7.76. The highest BCUT2D eigenvalue weighted by Crippen LogP contribution is 2.31. The van der Waals surface area contributed by atoms with Crippen LogP contribution in [0.3, 0.4) is 0 Å². The average molecular weight is 947 g/mol. The summed E-state index contributed by atoms with van der Waals surface area (Å²) < 4.78 is 0. The summed E-state index contributed by atoms with van der Waals surface area (Å²) in [7, 11) is 0. The largest absolute Gasteiger partial charge is 0.391 e. The zero-order valence-corrected chi connectivity index (χ0v) is 39.7. The number of thiazole rings is 1. The van der Waals surface area contributed by atoms with E-state index in [4.69, 9.17) is 0 Å². The van der Waals surface area contributed by atoms with E-state index in [-0.39, 0.29) is 43.4 Å². The van der Waals surface area contributed by atoms with E-state index in [1.165, 1.54) is 35.5 Å². The van der Waals surface area contributed by atoms with Crippen LogP contribution in [-0.4, -0.2) is 90.8 Å². The van der Waals surface area contributed by atoms with E-state index in [2.05, 4.69) is 46.5 Å². The molecule has 1 aliphatic heterocycles. The third-order valence-electron chi connectivity index (χ3n) is 12.0. The van der Waals surface area contributed by atoms with Gasteiger partial charge < -0.3 is 41.6 Å². The lowest BCUT2D eigenvalue weighted by molar-refractivity contribution is -0.144. The van der Waals surface area contributed by atoms with Gasteiger partial charge in [0.1, 0.15) is 24.2 Å². The number of nitrogens with one attached hydrogen (secondary N) is 6. The molecule has 4 heterocycles. The SMILES string of the molecule is Cc1ncsc1-c1ccc([C@H](C)NC(=O)C2C[C@@H](O)CN2C(=O)[C@@H](NC(=O)CCNC(=O)c2ccc(C(=O)Nc3cccc(Nc4cc(-c5c[nH]c6ccccc56)ncn4)c3)cc2)C(C)(C)C)cc1. The molecule has 0 bridgehead atoms. The second-order valence-electron chi connectivity index (χ2n) is 18.2. The van der Waals surface area contributed by atoms with Gasteiger partial charge in [0.2, 0.25) is 17.7 Å². The first-order valence-corrected chi connectivity index (χ1v) is 23.5. The second kappa shape index (κ2) is 20.6. The fourth-order valence-electron chi connectivity index (χ4n) is 8.30. The molecule has 4 aromatic carbocycles. The minimum atomic E-state index is -1.03. The third-order valence-corrected chi connectivity index (χ3v) is 13.0. The summed E-state index contributed by atoms with van der Waals surface area (Å²) in [5.41, 5.74) is 8.47. The zero-order valence-electron chi connectivity index (χ0n) is 38.9. The summed E-state index contributed by atoms with van der Waals surface area (Å²) in [5, 5.41) is 26.4. The number of rotatable bonds is 15. The number of hydrogen-bond acceptors (Lipinski definition) is 11. The Balaban J connectivity index is 0.809. The Labute approximate surface area is 403 Å². The lowest BCUT2D eigenvalue weighted by Gasteiger charge is -2.35. The van der Waals surface area contributed by atoms with Gasteiger partial charge in [-0.25, -0.2) is 15.0 Å². The van der Waals surface area contributed by atoms with Crippen molar-refractivity contribution < 1.29 is 29.1 Å². The number of para-hydroxylation sites is 1. The maximum atomic E-state index is 14.1. The number of carbonyl (C=O) groups excluding carboxylic acids is 5. The van der Waals surface area contributed by atoms with Crippen molar-refractivity contribution in [3.63, 3.8) is 0 Å². The van der Waals surface area contributed by atoms with Crippen molar-refractivity contribution in [3.8, 4) is 21.7 Å². The van der Waals surface area contributed by atoms with Gasteiger partial charge in [0.15, 0.2) is 0 Å². The lowest BCUT2D eigenvalue weighted by Crippen LogP contribution is -2.58. The van der Waals surface area contributed by atoms with Gasteiger partial charge in [-0.3, -0.25) is 24.0 Å². The van der Waals surface area contributed by atoms with Crippen molar-refractivity contribution in [3.05, 3.63) is 144 Å². The first kappa shape index (κ1) is 47.7. The van der Waals surface area contributed by atoms with Gasteiger partial charge in [-0.2, -0.15) is 0 Å². The van der Waals surface area contributed by atoms with Crippen molar-refractivity contribution >= 4 is 69.0 Å². The molecule has 7 N–H and O–H groups in total. The van der Waals surface area contributed by atoms with Crippen LogP contribution in [0.4, 0.5) is 17.2 Å². The molecule has 1 unspecified atom stereocenters. The molecule has 1 fully saturated rings. The van der Waals surface area contributed by atoms with Crippen LogP contribution >= 0.6 is 11.3 Å². The minimum Gasteiger partial charge on any atom is -0.391 e. The molecular formula is C52H54N10O6S. The Morgan fingerprint density at radius 2 is 1.58 bits per heavy atom. The Morgan fingerprint density at radius 3 is 2.30 bits per heavy atom. The molecule has 5 amide bonds. The van der Waals surface area contributed by atoms with E-state index in [0.29, 0.717) is 22.8 Å². The van der Waals surface area contributed by atoms with E-state index in [9.17, 15) is 29.1 Å². The number of benzene rings is 4. The molecule has 3 aromatic heterocycles. The molecule has 1 aliphatic rings. The first-order chi connectivity index (χ1) is 33.1. The summed E-state index contributed by atoms with van der Waals surface area (Å²) >= 11 is 1.56. The molecule has 1 saturated heterocycles. The fourth-order valence-corrected chi connectivity index (χ4v) is 9.11. The summed E-state index contributed by atoms with van der Waals surface area (Å²) in [4.78, 5) is 86.3. The van der Waals surface area contributed by atoms with Gasteiger partial charge in [0, 0.05) is 77.2 Å². The Kier molecular flexibility index (Phi) is 14.3. The predicted molar refractivity (Wildman–Crippen MR) is 267 cm³/mol. The molecule has 354 valence electrons. The number of β-amino-alcohol motifs (C(OH)–C–C–N with tert-alkyl or cyclic N) is 1. The van der Waals surface area contributed by atoms with Crippen LogP contribution in [-0.2, 0) is 14.4 Å². The van der Waals surface area contributed by atoms with Crippen LogP contribution < -0.4 is 26.6 Å². The standard InChI is InChI=1S/C52H54N10O6S/c1-30(32-13-15-33(16-14-32)46-31(2)57-29-69-46)58-50(67)43-24-38(63)27-62(43)51(68)47(52(3,4)5)61-45(64)21-22-53-48(65)34-17-19-35(20-18-34)49(66)60-37-10-8-9-36(23-37)59-44-25-42(55-28-56-44)40-26-54-41-12-7-6-11-39(40)41/h6-20,23,25-26,28-30,38,43,47,54,63H,21-22,24,27H2,1-5H3,(H,53,65)(H,58,67)(H,60,66)(H,61,64)(H,55,56,59)/t30-,38+,43?,47+/m0/s1. The number of aryl methyl sites for hydroxylation is 1. The third kappa shape index (κ3) is 11.3. The van der Waals surface area contributed by atoms with E-state index in [1.54, 1.807) is 55.8 Å². The van der Waals surface area contributed by atoms with Crippen molar-refractivity contribution in [1.82, 2.24) is 40.8 Å². The van der Waals surface area contributed by atoms with Crippen LogP contribution in [0.2, 0.25) is 0 Å². The maximum absolute atomic E-state index is 14.1. The maximum Gasteiger partial charge on any atom is 0.255 e. The zero-order chi connectivity index (χ0) is 48.8. The van der Waals surface area contributed by atoms with E-state index >= 15 is 0 Å². The number of hydrogen-bond donors (Lipinski definition) is 7. The monoisotopic (exact) mass is 946 g/mol. The molecule has 7 aromatic rings. The number of aliphatic hydroxyl groups excluding tert-OH is 1. The molecule has 4 atom stereocenters. The van der Waals surface area contributed by atoms with Crippen LogP contribution in [0.25, 0.3) is 32.6 Å². The molecular weight excluding hydrogens is 893 g/mol. The quantitative estimate of drug-likeness (QED) is 0.0535. The number of fused-ring (bicyclic) bond motifs is 1. The summed E-state index contributed by atoms with van der Waals surface area (Å²) in [6, 6.07) is 28.7. The molecule has 0 saturated carbocycles. The number of carbonyl (C=O) groups is 5. The normalized spacial score (nSPS) is 15.5. The number of H-pyrrole nitrogens is 1. The molecule has 0 aliphatic carbocycles. The molecule has 17 heteroatoms. The number of nitrogens with zero attached hydrogens (tertiary/aromatic N) is 4. The Morgan fingerprint density at radius 1 is 0.855 bits per heavy atom. The molecule has 0 radical (unpaired) electrons. The number of aliphatic hydroxyl groups is 1. The van der Waals surface area contributed by atoms with Crippen LogP contribution in [0.15, 0.2) is 121 Å². The molecule has 0 spiro atoms. The minimum absolute atomic E-state index is 0.0299. The highest BCUT2D eigenvalue weighted by Gasteiger charge is 2.44. The van der Waals surface area contributed by atoms with E-state index in [0.717, 1.165) is 43.9 Å². The first-order valence-electron chi connectivity index (χ1n) is 22.6. The van der Waals surface area contributed by atoms with Gasteiger partial charge >= 0.3 is 0 Å². The molecule has 16 nitrogen and oxygen atoms in total. The van der Waals surface area contributed by atoms with Gasteiger partial charge in [-0.15, -0.1) is 11.3 Å². The van der Waals surface area contributed by atoms with Gasteiger partial charge in [-0.05, 0) is 78.9 Å². The van der Waals surface area contributed by atoms with Gasteiger partial charge in [-0.1, -0.05) is 69.3 Å². The van der Waals surface area contributed by atoms with E-state index < -0.39 is 47.2 Å². The summed E-state index contributed by atoms with van der Waals surface area (Å²) in [6.45, 7) is 9.15. The van der Waals surface area contributed by atoms with Gasteiger partial charge in [0.05, 0.1) is 33.9 Å². The van der Waals surface area contributed by atoms with Gasteiger partial charge in [0.25, 0.3) is 11.8 Å². The summed E-state index contributed by atoms with van der Waals surface area (Å²) in [5.74, 6) is -1.62.